The summed E-state index contributed by atoms with van der Waals surface area (Å²) >= 11 is 12.1. The van der Waals surface area contributed by atoms with Crippen molar-refractivity contribution in [3.63, 3.8) is 0 Å². The van der Waals surface area contributed by atoms with Crippen LogP contribution in [-0.2, 0) is 16.1 Å². The van der Waals surface area contributed by atoms with Crippen molar-refractivity contribution in [2.45, 2.75) is 44.7 Å². The number of aliphatic carboxylic acids is 1. The van der Waals surface area contributed by atoms with Crippen LogP contribution in [0.4, 0.5) is 17.6 Å². The molecule has 1 aliphatic rings. The number of hydrogen-bond donors (Lipinski definition) is 3. The van der Waals surface area contributed by atoms with Crippen LogP contribution < -0.4 is 5.32 Å². The Balaban J connectivity index is 1.97. The van der Waals surface area contributed by atoms with Crippen LogP contribution in [0.1, 0.15) is 41.6 Å². The highest BCUT2D eigenvalue weighted by molar-refractivity contribution is 6.39. The molecule has 1 heterocycles. The largest absolute Gasteiger partial charge is 0.481 e. The normalized spacial score (nSPS) is 17.7. The van der Waals surface area contributed by atoms with Gasteiger partial charge in [0, 0.05) is 37.3 Å². The maximum Gasteiger partial charge on any atom is 0.306 e. The third-order valence-electron chi connectivity index (χ3n) is 6.37. The van der Waals surface area contributed by atoms with E-state index in [0.29, 0.717) is 12.3 Å². The highest BCUT2D eigenvalue weighted by atomic mass is 35.5. The van der Waals surface area contributed by atoms with Crippen LogP contribution in [0.3, 0.4) is 0 Å². The van der Waals surface area contributed by atoms with Crippen molar-refractivity contribution in [1.29, 1.82) is 5.41 Å². The number of aromatic nitrogens is 1. The molecule has 8 nitrogen and oxygen atoms in total. The first kappa shape index (κ1) is 31.0. The maximum atomic E-state index is 14.2. The molecular weight excluding hydrogens is 579 g/mol. The molecule has 0 atom stereocenters. The first-order chi connectivity index (χ1) is 18.9. The fraction of sp³-hybridized carbons (Fsp3) is 0.346. The van der Waals surface area contributed by atoms with Gasteiger partial charge in [-0.25, -0.2) is 17.6 Å². The first-order valence-electron chi connectivity index (χ1n) is 12.0. The van der Waals surface area contributed by atoms with Gasteiger partial charge in [-0.15, -0.1) is 0 Å². The monoisotopic (exact) mass is 602 g/mol. The molecule has 0 aliphatic heterocycles. The number of carboxylic acids is 1. The van der Waals surface area contributed by atoms with E-state index in [-0.39, 0.29) is 46.9 Å². The quantitative estimate of drug-likeness (QED) is 0.139. The smallest absolute Gasteiger partial charge is 0.306 e. The number of Topliss-reactive ketones (excluding diaryl/α,β-unsaturated/α-hetero) is 1. The number of amides is 1. The molecule has 1 saturated carbocycles. The Kier molecular flexibility index (Phi) is 10.6. The molecule has 0 radical (unpaired) electrons. The fourth-order valence-electron chi connectivity index (χ4n) is 4.44. The Morgan fingerprint density at radius 2 is 1.65 bits per heavy atom. The van der Waals surface area contributed by atoms with E-state index in [1.54, 1.807) is 0 Å². The Bertz CT molecular complexity index is 1290. The van der Waals surface area contributed by atoms with E-state index in [1.165, 1.54) is 0 Å². The number of ketones is 1. The van der Waals surface area contributed by atoms with Crippen molar-refractivity contribution in [3.05, 3.63) is 74.7 Å². The standard InChI is InChI=1S/C26H24Cl2F4N4O4/c27-19-9-34-10-20(28)22(19)21(37)12-36(11-13-5-15(29)7-16(30)6-13)25(38)18(8-33)23(24(31)32)35-17-3-1-14(2-4-17)26(39)40/h5-10,14,17,24,33,35H,1-4,11-12H2,(H,39,40)/b23-18+,33-8?/t14-,17-. The highest BCUT2D eigenvalue weighted by Gasteiger charge is 2.31. The summed E-state index contributed by atoms with van der Waals surface area (Å²) in [7, 11) is 0. The van der Waals surface area contributed by atoms with E-state index in [0.717, 1.165) is 29.4 Å². The molecule has 1 aromatic carbocycles. The molecule has 14 heteroatoms. The van der Waals surface area contributed by atoms with Crippen LogP contribution in [0.15, 0.2) is 41.9 Å². The topological polar surface area (TPSA) is 123 Å². The van der Waals surface area contributed by atoms with E-state index in [9.17, 15) is 37.1 Å². The zero-order valence-electron chi connectivity index (χ0n) is 20.8. The summed E-state index contributed by atoms with van der Waals surface area (Å²) in [5, 5.41) is 19.2. The second kappa shape index (κ2) is 13.7. The maximum absolute atomic E-state index is 14.2. The number of rotatable bonds is 11. The average molecular weight is 603 g/mol. The SMILES string of the molecule is N=C/C(C(=O)N(CC(=O)c1c(Cl)cncc1Cl)Cc1cc(F)cc(F)c1)=C(\N[C@H]1CC[C@H](C(=O)O)CC1)C(F)F. The number of allylic oxidation sites excluding steroid dienone is 1. The van der Waals surface area contributed by atoms with Gasteiger partial charge < -0.3 is 20.7 Å². The third-order valence-corrected chi connectivity index (χ3v) is 6.94. The molecule has 1 fully saturated rings. The van der Waals surface area contributed by atoms with Gasteiger partial charge in [0.25, 0.3) is 12.3 Å². The van der Waals surface area contributed by atoms with Crippen LogP contribution in [0, 0.1) is 23.0 Å². The van der Waals surface area contributed by atoms with E-state index in [2.05, 4.69) is 10.3 Å². The molecule has 3 N–H and O–H groups in total. The number of hydrogen-bond acceptors (Lipinski definition) is 6. The van der Waals surface area contributed by atoms with Gasteiger partial charge in [0.15, 0.2) is 5.78 Å². The first-order valence-corrected chi connectivity index (χ1v) is 12.7. The second-order valence-corrected chi connectivity index (χ2v) is 9.96. The van der Waals surface area contributed by atoms with Gasteiger partial charge in [0.05, 0.1) is 39.3 Å². The van der Waals surface area contributed by atoms with E-state index < -0.39 is 72.0 Å². The van der Waals surface area contributed by atoms with Gasteiger partial charge in [-0.2, -0.15) is 0 Å². The number of nitrogens with one attached hydrogen (secondary N) is 2. The number of carbonyl (C=O) groups is 3. The Hall–Kier alpha value is -3.51. The molecule has 3 rings (SSSR count). The molecule has 2 aromatic rings. The molecule has 0 unspecified atom stereocenters. The minimum Gasteiger partial charge on any atom is -0.481 e. The van der Waals surface area contributed by atoms with Gasteiger partial charge in [0.1, 0.15) is 11.6 Å². The summed E-state index contributed by atoms with van der Waals surface area (Å²) in [4.78, 5) is 42.4. The zero-order chi connectivity index (χ0) is 29.6. The zero-order valence-corrected chi connectivity index (χ0v) is 22.3. The van der Waals surface area contributed by atoms with Crippen LogP contribution in [0.5, 0.6) is 0 Å². The highest BCUT2D eigenvalue weighted by Crippen LogP contribution is 2.27. The van der Waals surface area contributed by atoms with E-state index >= 15 is 0 Å². The number of nitrogens with zero attached hydrogens (tertiary/aromatic N) is 2. The summed E-state index contributed by atoms with van der Waals surface area (Å²) in [6.45, 7) is -1.38. The number of halogens is 6. The van der Waals surface area contributed by atoms with Crippen molar-refractivity contribution in [1.82, 2.24) is 15.2 Å². The molecule has 1 amide bonds. The Labute approximate surface area is 236 Å². The van der Waals surface area contributed by atoms with E-state index in [1.807, 2.05) is 0 Å². The van der Waals surface area contributed by atoms with Gasteiger partial charge in [-0.05, 0) is 43.4 Å². The molecule has 0 spiro atoms. The Morgan fingerprint density at radius 1 is 1.07 bits per heavy atom. The van der Waals surface area contributed by atoms with Gasteiger partial charge in [0.2, 0.25) is 0 Å². The minimum atomic E-state index is -3.24. The van der Waals surface area contributed by atoms with Crippen molar-refractivity contribution in [3.8, 4) is 0 Å². The number of carboxylic acid groups (broad SMARTS) is 1. The van der Waals surface area contributed by atoms with E-state index in [4.69, 9.17) is 28.6 Å². The number of pyridine rings is 1. The minimum absolute atomic E-state index is 0.0894. The molecule has 0 bridgehead atoms. The molecule has 1 aliphatic carbocycles. The summed E-state index contributed by atoms with van der Waals surface area (Å²) in [5.74, 6) is -5.54. The lowest BCUT2D eigenvalue weighted by Gasteiger charge is -2.30. The van der Waals surface area contributed by atoms with Gasteiger partial charge in [-0.1, -0.05) is 23.2 Å². The lowest BCUT2D eigenvalue weighted by atomic mass is 9.86. The fourth-order valence-corrected chi connectivity index (χ4v) is 5.02. The van der Waals surface area contributed by atoms with Crippen molar-refractivity contribution >= 4 is 47.1 Å². The molecule has 40 heavy (non-hydrogen) atoms. The Morgan fingerprint density at radius 3 is 2.15 bits per heavy atom. The van der Waals surface area contributed by atoms with Crippen LogP contribution in [0.2, 0.25) is 10.0 Å². The number of benzene rings is 1. The second-order valence-electron chi connectivity index (χ2n) is 9.14. The summed E-state index contributed by atoms with van der Waals surface area (Å²) in [6, 6.07) is 1.81. The predicted molar refractivity (Wildman–Crippen MR) is 139 cm³/mol. The van der Waals surface area contributed by atoms with Crippen molar-refractivity contribution < 1.29 is 37.1 Å². The van der Waals surface area contributed by atoms with Gasteiger partial charge >= 0.3 is 5.97 Å². The molecule has 214 valence electrons. The summed E-state index contributed by atoms with van der Waals surface area (Å²) in [5.41, 5.74) is -1.97. The van der Waals surface area contributed by atoms with Crippen LogP contribution >= 0.6 is 23.2 Å². The third kappa shape index (κ3) is 7.79. The molecule has 1 aromatic heterocycles. The number of alkyl halides is 2. The number of carbonyl (C=O) groups excluding carboxylic acids is 2. The van der Waals surface area contributed by atoms with Crippen LogP contribution in [-0.4, -0.2) is 57.9 Å². The lowest BCUT2D eigenvalue weighted by Crippen LogP contribution is -2.41. The molecule has 0 saturated heterocycles. The molecular formula is C26H24Cl2F4N4O4. The lowest BCUT2D eigenvalue weighted by molar-refractivity contribution is -0.142. The van der Waals surface area contributed by atoms with Crippen LogP contribution in [0.25, 0.3) is 0 Å². The average Bonchev–Trinajstić information content (AvgIpc) is 2.87. The summed E-state index contributed by atoms with van der Waals surface area (Å²) < 4.78 is 56.1. The van der Waals surface area contributed by atoms with Crippen molar-refractivity contribution in [2.75, 3.05) is 6.54 Å². The van der Waals surface area contributed by atoms with Crippen molar-refractivity contribution in [2.24, 2.45) is 5.92 Å². The predicted octanol–water partition coefficient (Wildman–Crippen LogP) is 5.28. The summed E-state index contributed by atoms with van der Waals surface area (Å²) in [6.07, 6.45) is 0.354. The van der Waals surface area contributed by atoms with Gasteiger partial charge in [-0.3, -0.25) is 19.4 Å².